The molecule has 7 heteroatoms. The van der Waals surface area contributed by atoms with Gasteiger partial charge in [0.15, 0.2) is 0 Å². The number of aliphatic hydroxyl groups is 1. The summed E-state index contributed by atoms with van der Waals surface area (Å²) in [6.07, 6.45) is 0.942. The number of likely N-dealkylation sites (N-methyl/N-ethyl adjacent to an activating group) is 1. The minimum atomic E-state index is -1.25. The van der Waals surface area contributed by atoms with Crippen LogP contribution >= 0.6 is 0 Å². The van der Waals surface area contributed by atoms with E-state index in [9.17, 15) is 14.7 Å². The highest BCUT2D eigenvalue weighted by molar-refractivity contribution is 5.97. The first-order valence-corrected chi connectivity index (χ1v) is 8.47. The molecule has 0 aromatic heterocycles. The Morgan fingerprint density at radius 2 is 2.08 bits per heavy atom. The quantitative estimate of drug-likeness (QED) is 0.746. The summed E-state index contributed by atoms with van der Waals surface area (Å²) in [4.78, 5) is 27.6. The number of nitrogens with two attached hydrogens (primary N) is 1. The number of ether oxygens (including phenoxy) is 1. The average Bonchev–Trinajstić information content (AvgIpc) is 2.53. The molecule has 1 fully saturated rings. The lowest BCUT2D eigenvalue weighted by Gasteiger charge is -2.38. The highest BCUT2D eigenvalue weighted by Gasteiger charge is 2.37. The molecular weight excluding hydrogens is 322 g/mol. The number of carbonyl (C=O) groups excluding carboxylic acids is 2. The maximum Gasteiger partial charge on any atom is 0.257 e. The second-order valence-corrected chi connectivity index (χ2v) is 6.85. The van der Waals surface area contributed by atoms with Gasteiger partial charge in [-0.15, -0.1) is 0 Å². The van der Waals surface area contributed by atoms with Gasteiger partial charge in [-0.25, -0.2) is 0 Å². The maximum atomic E-state index is 12.9. The van der Waals surface area contributed by atoms with Crippen LogP contribution in [0.4, 0.5) is 0 Å². The molecule has 2 rings (SSSR count). The zero-order valence-corrected chi connectivity index (χ0v) is 14.9. The molecule has 1 saturated heterocycles. The molecule has 0 aliphatic carbocycles. The van der Waals surface area contributed by atoms with Crippen LogP contribution in [0.3, 0.4) is 0 Å². The number of likely N-dealkylation sites (tertiary alicyclic amines) is 1. The fraction of sp³-hybridized carbons (Fsp3) is 0.556. The lowest BCUT2D eigenvalue weighted by Crippen LogP contribution is -2.51. The first-order valence-electron chi connectivity index (χ1n) is 8.47. The second kappa shape index (κ2) is 8.31. The van der Waals surface area contributed by atoms with E-state index in [1.54, 1.807) is 23.1 Å². The summed E-state index contributed by atoms with van der Waals surface area (Å²) in [6.45, 7) is 1.85. The number of nitrogens with zero attached hydrogens (tertiary/aromatic N) is 2. The van der Waals surface area contributed by atoms with Crippen molar-refractivity contribution in [2.45, 2.75) is 24.9 Å². The molecule has 2 amide bonds. The van der Waals surface area contributed by atoms with Crippen molar-refractivity contribution in [2.75, 3.05) is 40.3 Å². The molecule has 3 N–H and O–H groups in total. The lowest BCUT2D eigenvalue weighted by atomic mass is 9.89. The van der Waals surface area contributed by atoms with E-state index in [2.05, 4.69) is 0 Å². The number of rotatable bonds is 7. The van der Waals surface area contributed by atoms with Gasteiger partial charge in [-0.3, -0.25) is 9.59 Å². The number of para-hydroxylation sites is 1. The predicted molar refractivity (Wildman–Crippen MR) is 94.4 cm³/mol. The van der Waals surface area contributed by atoms with Gasteiger partial charge in [0.2, 0.25) is 5.91 Å². The number of β-amino-alcohol motifs (C(OH)–C–C–N with tert-alkyl or cyclic N) is 1. The van der Waals surface area contributed by atoms with Crippen LogP contribution in [0.15, 0.2) is 24.3 Å². The highest BCUT2D eigenvalue weighted by atomic mass is 16.5. The number of amides is 2. The van der Waals surface area contributed by atoms with Crippen molar-refractivity contribution in [1.82, 2.24) is 9.80 Å². The molecule has 1 unspecified atom stereocenters. The Labute approximate surface area is 148 Å². The molecule has 138 valence electrons. The highest BCUT2D eigenvalue weighted by Crippen LogP contribution is 2.27. The molecule has 25 heavy (non-hydrogen) atoms. The number of benzene rings is 1. The molecule has 1 heterocycles. The van der Waals surface area contributed by atoms with Gasteiger partial charge in [0, 0.05) is 13.1 Å². The number of primary amides is 1. The summed E-state index contributed by atoms with van der Waals surface area (Å²) in [5.41, 5.74) is 4.43. The molecular formula is C18H27N3O4. The number of carbonyl (C=O) groups is 2. The summed E-state index contributed by atoms with van der Waals surface area (Å²) in [5.74, 6) is -0.245. The van der Waals surface area contributed by atoms with Crippen LogP contribution in [-0.2, 0) is 4.79 Å². The third kappa shape index (κ3) is 5.44. The second-order valence-electron chi connectivity index (χ2n) is 6.85. The van der Waals surface area contributed by atoms with Gasteiger partial charge < -0.3 is 25.4 Å². The minimum absolute atomic E-state index is 0.0980. The number of piperidine rings is 1. The van der Waals surface area contributed by atoms with Crippen LogP contribution in [0.5, 0.6) is 5.75 Å². The van der Waals surface area contributed by atoms with Crippen molar-refractivity contribution in [2.24, 2.45) is 5.73 Å². The van der Waals surface area contributed by atoms with Crippen LogP contribution in [0, 0.1) is 0 Å². The lowest BCUT2D eigenvalue weighted by molar-refractivity contribution is -0.125. The molecule has 1 aliphatic heterocycles. The van der Waals surface area contributed by atoms with Crippen molar-refractivity contribution < 1.29 is 19.4 Å². The van der Waals surface area contributed by atoms with E-state index < -0.39 is 11.5 Å². The normalized spacial score (nSPS) is 20.6. The van der Waals surface area contributed by atoms with Crippen LogP contribution in [0.25, 0.3) is 0 Å². The van der Waals surface area contributed by atoms with E-state index in [0.717, 1.165) is 6.54 Å². The maximum absolute atomic E-state index is 12.9. The predicted octanol–water partition coefficient (Wildman–Crippen LogP) is 0.470. The van der Waals surface area contributed by atoms with E-state index in [-0.39, 0.29) is 18.9 Å². The van der Waals surface area contributed by atoms with Gasteiger partial charge >= 0.3 is 0 Å². The Morgan fingerprint density at radius 3 is 2.76 bits per heavy atom. The fourth-order valence-electron chi connectivity index (χ4n) is 3.03. The molecule has 0 saturated carbocycles. The Kier molecular flexibility index (Phi) is 6.39. The van der Waals surface area contributed by atoms with Gasteiger partial charge in [-0.2, -0.15) is 0 Å². The van der Waals surface area contributed by atoms with Crippen molar-refractivity contribution >= 4 is 11.8 Å². The average molecular weight is 349 g/mol. The Morgan fingerprint density at radius 1 is 1.36 bits per heavy atom. The van der Waals surface area contributed by atoms with Crippen LogP contribution < -0.4 is 10.5 Å². The van der Waals surface area contributed by atoms with Crippen LogP contribution in [-0.4, -0.2) is 72.7 Å². The Bertz CT molecular complexity index is 620. The molecule has 0 radical (unpaired) electrons. The van der Waals surface area contributed by atoms with E-state index in [1.165, 1.54) is 0 Å². The Balaban J connectivity index is 2.10. The first-order chi connectivity index (χ1) is 11.8. The van der Waals surface area contributed by atoms with Crippen LogP contribution in [0.1, 0.15) is 29.6 Å². The SMILES string of the molecule is CN(C)CCOc1ccccc1C(=O)N1CCCC(O)(CC(N)=O)C1. The van der Waals surface area contributed by atoms with Gasteiger partial charge in [-0.1, -0.05) is 12.1 Å². The van der Waals surface area contributed by atoms with E-state index >= 15 is 0 Å². The molecule has 0 bridgehead atoms. The largest absolute Gasteiger partial charge is 0.491 e. The molecule has 1 atom stereocenters. The summed E-state index contributed by atoms with van der Waals surface area (Å²) in [5, 5.41) is 10.5. The molecule has 1 aliphatic rings. The third-order valence-electron chi connectivity index (χ3n) is 4.26. The van der Waals surface area contributed by atoms with Crippen LogP contribution in [0.2, 0.25) is 0 Å². The van der Waals surface area contributed by atoms with Gasteiger partial charge in [0.1, 0.15) is 12.4 Å². The zero-order valence-electron chi connectivity index (χ0n) is 14.9. The van der Waals surface area contributed by atoms with E-state index in [1.807, 2.05) is 25.1 Å². The summed E-state index contributed by atoms with van der Waals surface area (Å²) in [6, 6.07) is 7.09. The fourth-order valence-corrected chi connectivity index (χ4v) is 3.03. The molecule has 0 spiro atoms. The Hall–Kier alpha value is -2.12. The van der Waals surface area contributed by atoms with E-state index in [4.69, 9.17) is 10.5 Å². The van der Waals surface area contributed by atoms with E-state index in [0.29, 0.717) is 37.3 Å². The third-order valence-corrected chi connectivity index (χ3v) is 4.26. The molecule has 1 aromatic rings. The molecule has 7 nitrogen and oxygen atoms in total. The van der Waals surface area contributed by atoms with Gasteiger partial charge in [-0.05, 0) is 39.1 Å². The molecule has 1 aromatic carbocycles. The first kappa shape index (κ1) is 19.2. The monoisotopic (exact) mass is 349 g/mol. The smallest absolute Gasteiger partial charge is 0.257 e. The van der Waals surface area contributed by atoms with Crippen molar-refractivity contribution in [3.05, 3.63) is 29.8 Å². The summed E-state index contributed by atoms with van der Waals surface area (Å²) in [7, 11) is 3.90. The number of hydrogen-bond donors (Lipinski definition) is 2. The minimum Gasteiger partial charge on any atom is -0.491 e. The summed E-state index contributed by atoms with van der Waals surface area (Å²) < 4.78 is 5.75. The summed E-state index contributed by atoms with van der Waals surface area (Å²) >= 11 is 0. The van der Waals surface area contributed by atoms with Crippen molar-refractivity contribution in [3.63, 3.8) is 0 Å². The zero-order chi connectivity index (χ0) is 18.4. The van der Waals surface area contributed by atoms with Crippen molar-refractivity contribution in [1.29, 1.82) is 0 Å². The number of hydrogen-bond acceptors (Lipinski definition) is 5. The van der Waals surface area contributed by atoms with Crippen molar-refractivity contribution in [3.8, 4) is 5.75 Å². The van der Waals surface area contributed by atoms with Gasteiger partial charge in [0.25, 0.3) is 5.91 Å². The topological polar surface area (TPSA) is 96.1 Å². The standard InChI is InChI=1S/C18H27N3O4/c1-20(2)10-11-25-15-7-4-3-6-14(15)17(23)21-9-5-8-18(24,13-21)12-16(19)22/h3-4,6-7,24H,5,8-13H2,1-2H3,(H2,19,22). The van der Waals surface area contributed by atoms with Gasteiger partial charge in [0.05, 0.1) is 24.1 Å².